The van der Waals surface area contributed by atoms with E-state index < -0.39 is 11.0 Å². The Labute approximate surface area is 199 Å². The summed E-state index contributed by atoms with van der Waals surface area (Å²) in [6, 6.07) is 0. The zero-order chi connectivity index (χ0) is 24.4. The molecule has 1 rings (SSSR count). The van der Waals surface area contributed by atoms with Crippen molar-refractivity contribution in [3.8, 4) is 0 Å². The van der Waals surface area contributed by atoms with E-state index in [0.717, 1.165) is 25.7 Å². The van der Waals surface area contributed by atoms with Gasteiger partial charge in [-0.1, -0.05) is 91.9 Å². The van der Waals surface area contributed by atoms with Gasteiger partial charge in [-0.15, -0.1) is 0 Å². The molecular weight excluding hydrogens is 397 g/mol. The summed E-state index contributed by atoms with van der Waals surface area (Å²) in [5, 5.41) is 0. The van der Waals surface area contributed by atoms with E-state index >= 15 is 0 Å². The van der Waals surface area contributed by atoms with Gasteiger partial charge in [-0.05, 0) is 39.0 Å². The topological polar surface area (TPSA) is 54.5 Å². The Morgan fingerprint density at radius 3 is 1.81 bits per heavy atom. The van der Waals surface area contributed by atoms with Crippen LogP contribution in [0.15, 0.2) is 0 Å². The van der Waals surface area contributed by atoms with Crippen LogP contribution in [0.25, 0.3) is 0 Å². The number of nitrogens with zero attached hydrogens (tertiary/aromatic N) is 1. The van der Waals surface area contributed by atoms with E-state index in [0.29, 0.717) is 18.8 Å². The molecule has 1 aliphatic rings. The summed E-state index contributed by atoms with van der Waals surface area (Å²) in [7, 11) is 1.60. The molecule has 0 N–H and O–H groups in total. The molecule has 184 valence electrons. The lowest BCUT2D eigenvalue weighted by Crippen LogP contribution is -2.51. The number of imide groups is 1. The Morgan fingerprint density at radius 2 is 1.38 bits per heavy atom. The number of likely N-dealkylation sites (tertiary alicyclic amines) is 1. The number of carbonyl (C=O) groups is 3. The molecule has 1 unspecified atom stereocenters. The van der Waals surface area contributed by atoms with Crippen LogP contribution in [0.1, 0.15) is 131 Å². The number of unbranched alkanes of at least 4 members (excludes halogenated alkanes) is 8. The summed E-state index contributed by atoms with van der Waals surface area (Å²) >= 11 is 0. The normalized spacial score (nSPS) is 17.6. The van der Waals surface area contributed by atoms with Crippen molar-refractivity contribution >= 4 is 25.3 Å². The third kappa shape index (κ3) is 8.67. The van der Waals surface area contributed by atoms with Crippen molar-refractivity contribution in [3.63, 3.8) is 0 Å². The first-order chi connectivity index (χ1) is 15.0. The molecule has 0 aromatic heterocycles. The van der Waals surface area contributed by atoms with Gasteiger partial charge in [0.15, 0.2) is 7.85 Å². The Bertz CT molecular complexity index is 600. The van der Waals surface area contributed by atoms with Crippen LogP contribution in [-0.4, -0.2) is 35.8 Å². The first-order valence-corrected chi connectivity index (χ1v) is 13.4. The Kier molecular flexibility index (Phi) is 12.2. The van der Waals surface area contributed by atoms with E-state index in [1.807, 2.05) is 27.7 Å². The fourth-order valence-electron chi connectivity index (χ4n) is 5.51. The molecule has 0 spiro atoms. The van der Waals surface area contributed by atoms with Crippen LogP contribution in [0.5, 0.6) is 0 Å². The molecule has 1 fully saturated rings. The van der Waals surface area contributed by atoms with E-state index in [1.165, 1.54) is 56.3 Å². The van der Waals surface area contributed by atoms with Crippen molar-refractivity contribution in [2.45, 2.75) is 137 Å². The lowest BCUT2D eigenvalue weighted by atomic mass is 9.70. The van der Waals surface area contributed by atoms with Crippen molar-refractivity contribution in [2.75, 3.05) is 0 Å². The van der Waals surface area contributed by atoms with Crippen molar-refractivity contribution < 1.29 is 14.4 Å². The SMILES string of the molecule is BC(=O)C(C)(C)CC(C)(C)N1C(=O)CC(C(CCCCCCC)CCCCCCC)C1=O. The fourth-order valence-corrected chi connectivity index (χ4v) is 5.51. The van der Waals surface area contributed by atoms with Crippen molar-refractivity contribution in [3.05, 3.63) is 0 Å². The molecule has 1 aliphatic heterocycles. The van der Waals surface area contributed by atoms with Gasteiger partial charge in [0.25, 0.3) is 0 Å². The van der Waals surface area contributed by atoms with Gasteiger partial charge in [0.05, 0.1) is 11.6 Å². The van der Waals surface area contributed by atoms with E-state index in [-0.39, 0.29) is 23.4 Å². The van der Waals surface area contributed by atoms with E-state index in [9.17, 15) is 14.4 Å². The maximum Gasteiger partial charge on any atom is 0.233 e. The maximum atomic E-state index is 13.6. The Hall–Kier alpha value is -1.13. The highest BCUT2D eigenvalue weighted by Gasteiger charge is 2.49. The summed E-state index contributed by atoms with van der Waals surface area (Å²) in [6.45, 7) is 12.2. The molecule has 0 radical (unpaired) electrons. The van der Waals surface area contributed by atoms with Crippen LogP contribution < -0.4 is 0 Å². The average Bonchev–Trinajstić information content (AvgIpc) is 2.99. The summed E-state index contributed by atoms with van der Waals surface area (Å²) in [6.07, 6.45) is 15.2. The molecule has 0 saturated carbocycles. The number of hydrogen-bond donors (Lipinski definition) is 0. The van der Waals surface area contributed by atoms with Crippen LogP contribution >= 0.6 is 0 Å². The highest BCUT2D eigenvalue weighted by Crippen LogP contribution is 2.40. The molecule has 5 heteroatoms. The number of carbonyl (C=O) groups excluding carboxylic acids is 3. The quantitative estimate of drug-likeness (QED) is 0.155. The van der Waals surface area contributed by atoms with Crippen LogP contribution in [0.4, 0.5) is 0 Å². The molecular formula is C27H50BNO3. The largest absolute Gasteiger partial charge is 0.311 e. The van der Waals surface area contributed by atoms with Crippen molar-refractivity contribution in [1.29, 1.82) is 0 Å². The number of rotatable bonds is 17. The number of amides is 2. The third-order valence-corrected chi connectivity index (χ3v) is 7.54. The second-order valence-electron chi connectivity index (χ2n) is 11.5. The van der Waals surface area contributed by atoms with E-state index in [4.69, 9.17) is 0 Å². The smallest absolute Gasteiger partial charge is 0.233 e. The van der Waals surface area contributed by atoms with Gasteiger partial charge in [-0.25, -0.2) is 0 Å². The van der Waals surface area contributed by atoms with Crippen LogP contribution in [0.3, 0.4) is 0 Å². The van der Waals surface area contributed by atoms with Crippen LogP contribution in [-0.2, 0) is 14.4 Å². The molecule has 1 heterocycles. The summed E-state index contributed by atoms with van der Waals surface area (Å²) in [4.78, 5) is 40.2. The number of hydrogen-bond acceptors (Lipinski definition) is 3. The standard InChI is InChI=1S/C27H50BNO3/c1-7-9-11-13-15-17-21(18-16-14-12-10-8-2)22-19-23(30)29(24(22)31)27(5,6)20-26(3,4)25(28)32/h21-22H,7-20,28H2,1-6H3. The van der Waals surface area contributed by atoms with Gasteiger partial charge in [0.2, 0.25) is 11.8 Å². The molecule has 4 nitrogen and oxygen atoms in total. The van der Waals surface area contributed by atoms with Gasteiger partial charge in [-0.2, -0.15) is 0 Å². The van der Waals surface area contributed by atoms with Crippen molar-refractivity contribution in [1.82, 2.24) is 4.90 Å². The minimum absolute atomic E-state index is 0.00599. The molecule has 0 bridgehead atoms. The van der Waals surface area contributed by atoms with Crippen LogP contribution in [0, 0.1) is 17.3 Å². The monoisotopic (exact) mass is 447 g/mol. The first-order valence-electron chi connectivity index (χ1n) is 13.4. The molecule has 0 aromatic carbocycles. The highest BCUT2D eigenvalue weighted by atomic mass is 16.2. The predicted molar refractivity (Wildman–Crippen MR) is 136 cm³/mol. The van der Waals surface area contributed by atoms with Gasteiger partial charge in [0.1, 0.15) is 0 Å². The molecule has 1 saturated heterocycles. The van der Waals surface area contributed by atoms with Gasteiger partial charge in [-0.3, -0.25) is 14.5 Å². The minimum atomic E-state index is -0.648. The zero-order valence-corrected chi connectivity index (χ0v) is 22.2. The Balaban J connectivity index is 2.88. The van der Waals surface area contributed by atoms with E-state index in [2.05, 4.69) is 13.8 Å². The first kappa shape index (κ1) is 28.9. The molecule has 32 heavy (non-hydrogen) atoms. The lowest BCUT2D eigenvalue weighted by Gasteiger charge is -2.40. The molecule has 1 atom stereocenters. The van der Waals surface area contributed by atoms with Crippen LogP contribution in [0.2, 0.25) is 0 Å². The summed E-state index contributed by atoms with van der Waals surface area (Å²) in [5.74, 6) is 0.0775. The van der Waals surface area contributed by atoms with Gasteiger partial charge in [0, 0.05) is 17.4 Å². The van der Waals surface area contributed by atoms with Crippen molar-refractivity contribution in [2.24, 2.45) is 17.3 Å². The minimum Gasteiger partial charge on any atom is -0.311 e. The maximum absolute atomic E-state index is 13.6. The average molecular weight is 448 g/mol. The summed E-state index contributed by atoms with van der Waals surface area (Å²) in [5.41, 5.74) is -1.11. The molecule has 0 aromatic rings. The second kappa shape index (κ2) is 13.6. The fraction of sp³-hybridized carbons (Fsp3) is 0.889. The molecule has 2 amide bonds. The van der Waals surface area contributed by atoms with Gasteiger partial charge < -0.3 is 4.79 Å². The van der Waals surface area contributed by atoms with Gasteiger partial charge >= 0.3 is 0 Å². The lowest BCUT2D eigenvalue weighted by molar-refractivity contribution is -0.148. The predicted octanol–water partition coefficient (Wildman–Crippen LogP) is 6.05. The second-order valence-corrected chi connectivity index (χ2v) is 11.5. The third-order valence-electron chi connectivity index (χ3n) is 7.54. The molecule has 0 aliphatic carbocycles. The Morgan fingerprint density at radius 1 is 0.906 bits per heavy atom. The highest BCUT2D eigenvalue weighted by molar-refractivity contribution is 6.58. The van der Waals surface area contributed by atoms with E-state index in [1.54, 1.807) is 7.85 Å². The summed E-state index contributed by atoms with van der Waals surface area (Å²) < 4.78 is 0. The zero-order valence-electron chi connectivity index (χ0n) is 22.2.